The van der Waals surface area contributed by atoms with Crippen LogP contribution in [0.15, 0.2) is 0 Å². The van der Waals surface area contributed by atoms with Crippen LogP contribution in [0.4, 0.5) is 0 Å². The van der Waals surface area contributed by atoms with Gasteiger partial charge in [0.25, 0.3) is 0 Å². The molecular weight excluding hydrogens is 332 g/mol. The monoisotopic (exact) mass is 366 g/mol. The van der Waals surface area contributed by atoms with Crippen molar-refractivity contribution in [2.24, 2.45) is 0 Å². The third kappa shape index (κ3) is 5.95. The number of carbonyl (C=O) groups excluding carboxylic acids is 2. The minimum atomic E-state index is -0.505. The van der Waals surface area contributed by atoms with Crippen molar-refractivity contribution in [3.05, 3.63) is 0 Å². The van der Waals surface area contributed by atoms with E-state index in [-0.39, 0.29) is 30.6 Å². The molecule has 6 heteroatoms. The number of rotatable bonds is 6. The second kappa shape index (κ2) is 10.3. The Labute approximate surface area is 157 Å². The number of carbonyl (C=O) groups is 2. The fourth-order valence-corrected chi connectivity index (χ4v) is 4.36. The van der Waals surface area contributed by atoms with Crippen LogP contribution < -0.4 is 5.32 Å². The van der Waals surface area contributed by atoms with E-state index < -0.39 is 6.04 Å². The molecule has 1 saturated heterocycles. The Hall–Kier alpha value is -1.14. The molecule has 1 atom stereocenters. The summed E-state index contributed by atoms with van der Waals surface area (Å²) < 4.78 is 11.5. The molecule has 3 rings (SSSR count). The van der Waals surface area contributed by atoms with Crippen molar-refractivity contribution in [1.82, 2.24) is 10.2 Å². The zero-order valence-electron chi connectivity index (χ0n) is 15.9. The van der Waals surface area contributed by atoms with Crippen molar-refractivity contribution in [2.45, 2.75) is 88.9 Å². The molecule has 3 aliphatic rings. The van der Waals surface area contributed by atoms with Crippen LogP contribution in [0.5, 0.6) is 0 Å². The zero-order valence-corrected chi connectivity index (χ0v) is 15.9. The van der Waals surface area contributed by atoms with Gasteiger partial charge in [-0.3, -0.25) is 14.5 Å². The third-order valence-corrected chi connectivity index (χ3v) is 5.91. The SMILES string of the molecule is O=C(C[C@H](C(=O)OC1CCCCC1)N1CCNCC1)OC1CCCCC1. The minimum absolute atomic E-state index is 0.0241. The molecule has 0 amide bonds. The lowest BCUT2D eigenvalue weighted by Crippen LogP contribution is -2.53. The van der Waals surface area contributed by atoms with Crippen LogP contribution in [0.1, 0.15) is 70.6 Å². The fraction of sp³-hybridized carbons (Fsp3) is 0.900. The quantitative estimate of drug-likeness (QED) is 0.728. The van der Waals surface area contributed by atoms with Gasteiger partial charge in [-0.15, -0.1) is 0 Å². The first-order valence-electron chi connectivity index (χ1n) is 10.6. The summed E-state index contributed by atoms with van der Waals surface area (Å²) in [7, 11) is 0. The highest BCUT2D eigenvalue weighted by atomic mass is 16.6. The molecule has 0 spiro atoms. The summed E-state index contributed by atoms with van der Waals surface area (Å²) in [6, 6.07) is -0.505. The first kappa shape index (κ1) is 19.6. The summed E-state index contributed by atoms with van der Waals surface area (Å²) in [5.74, 6) is -0.486. The highest BCUT2D eigenvalue weighted by Crippen LogP contribution is 2.23. The van der Waals surface area contributed by atoms with Crippen molar-refractivity contribution >= 4 is 11.9 Å². The highest BCUT2D eigenvalue weighted by molar-refractivity contribution is 5.83. The van der Waals surface area contributed by atoms with E-state index in [1.807, 2.05) is 0 Å². The number of hydrogen-bond acceptors (Lipinski definition) is 6. The molecule has 0 aromatic heterocycles. The van der Waals surface area contributed by atoms with E-state index in [0.717, 1.165) is 77.5 Å². The van der Waals surface area contributed by atoms with E-state index in [1.165, 1.54) is 12.8 Å². The fourth-order valence-electron chi connectivity index (χ4n) is 4.36. The van der Waals surface area contributed by atoms with Gasteiger partial charge in [0.05, 0.1) is 6.42 Å². The molecule has 2 aliphatic carbocycles. The van der Waals surface area contributed by atoms with Gasteiger partial charge in [0.1, 0.15) is 18.2 Å². The number of nitrogens with zero attached hydrogens (tertiary/aromatic N) is 1. The van der Waals surface area contributed by atoms with Gasteiger partial charge in [0.15, 0.2) is 0 Å². The third-order valence-electron chi connectivity index (χ3n) is 5.91. The molecule has 1 heterocycles. The van der Waals surface area contributed by atoms with Gasteiger partial charge in [-0.2, -0.15) is 0 Å². The lowest BCUT2D eigenvalue weighted by atomic mass is 9.97. The Balaban J connectivity index is 1.56. The van der Waals surface area contributed by atoms with E-state index in [9.17, 15) is 9.59 Å². The van der Waals surface area contributed by atoms with Crippen molar-refractivity contribution in [3.63, 3.8) is 0 Å². The average Bonchev–Trinajstić information content (AvgIpc) is 2.68. The second-order valence-corrected chi connectivity index (χ2v) is 7.95. The number of hydrogen-bond donors (Lipinski definition) is 1. The summed E-state index contributed by atoms with van der Waals surface area (Å²) >= 11 is 0. The predicted molar refractivity (Wildman–Crippen MR) is 98.8 cm³/mol. The molecule has 0 bridgehead atoms. The second-order valence-electron chi connectivity index (χ2n) is 7.95. The molecule has 1 aliphatic heterocycles. The van der Waals surface area contributed by atoms with E-state index in [4.69, 9.17) is 9.47 Å². The van der Waals surface area contributed by atoms with Crippen LogP contribution >= 0.6 is 0 Å². The van der Waals surface area contributed by atoms with Crippen LogP contribution in [0.25, 0.3) is 0 Å². The molecule has 6 nitrogen and oxygen atoms in total. The smallest absolute Gasteiger partial charge is 0.324 e. The van der Waals surface area contributed by atoms with Crippen LogP contribution in [0.2, 0.25) is 0 Å². The summed E-state index contributed by atoms with van der Waals surface area (Å²) in [6.45, 7) is 3.21. The molecule has 0 aromatic rings. The topological polar surface area (TPSA) is 67.9 Å². The first-order chi connectivity index (χ1) is 12.7. The number of esters is 2. The van der Waals surface area contributed by atoms with Gasteiger partial charge in [-0.05, 0) is 51.4 Å². The average molecular weight is 367 g/mol. The van der Waals surface area contributed by atoms with Crippen LogP contribution in [0, 0.1) is 0 Å². The van der Waals surface area contributed by atoms with Gasteiger partial charge in [-0.25, -0.2) is 0 Å². The van der Waals surface area contributed by atoms with Crippen LogP contribution in [0.3, 0.4) is 0 Å². The van der Waals surface area contributed by atoms with E-state index in [2.05, 4.69) is 10.2 Å². The first-order valence-corrected chi connectivity index (χ1v) is 10.6. The van der Waals surface area contributed by atoms with Gasteiger partial charge in [0, 0.05) is 26.2 Å². The van der Waals surface area contributed by atoms with Gasteiger partial charge < -0.3 is 14.8 Å². The zero-order chi connectivity index (χ0) is 18.2. The number of nitrogens with one attached hydrogen (secondary N) is 1. The maximum Gasteiger partial charge on any atom is 0.324 e. The lowest BCUT2D eigenvalue weighted by Gasteiger charge is -2.34. The minimum Gasteiger partial charge on any atom is -0.462 e. The summed E-state index contributed by atoms with van der Waals surface area (Å²) in [5, 5.41) is 3.30. The van der Waals surface area contributed by atoms with Crippen molar-refractivity contribution in [1.29, 1.82) is 0 Å². The van der Waals surface area contributed by atoms with E-state index in [0.29, 0.717) is 0 Å². The van der Waals surface area contributed by atoms with Gasteiger partial charge >= 0.3 is 11.9 Å². The maximum atomic E-state index is 12.8. The molecule has 0 aromatic carbocycles. The Morgan fingerprint density at radius 1 is 0.846 bits per heavy atom. The summed E-state index contributed by atoms with van der Waals surface area (Å²) in [4.78, 5) is 27.4. The van der Waals surface area contributed by atoms with Gasteiger partial charge in [0.2, 0.25) is 0 Å². The molecule has 26 heavy (non-hydrogen) atoms. The molecular formula is C20H34N2O4. The molecule has 0 radical (unpaired) electrons. The largest absolute Gasteiger partial charge is 0.462 e. The van der Waals surface area contributed by atoms with Gasteiger partial charge in [-0.1, -0.05) is 12.8 Å². The van der Waals surface area contributed by atoms with Crippen molar-refractivity contribution < 1.29 is 19.1 Å². The number of piperazine rings is 1. The lowest BCUT2D eigenvalue weighted by molar-refractivity contribution is -0.164. The Morgan fingerprint density at radius 2 is 1.38 bits per heavy atom. The van der Waals surface area contributed by atoms with Crippen molar-refractivity contribution in [3.8, 4) is 0 Å². The molecule has 0 unspecified atom stereocenters. The van der Waals surface area contributed by atoms with E-state index in [1.54, 1.807) is 0 Å². The standard InChI is InChI=1S/C20H34N2O4/c23-19(25-16-7-3-1-4-8-16)15-18(22-13-11-21-12-14-22)20(24)26-17-9-5-2-6-10-17/h16-18,21H,1-15H2/t18-/m1/s1. The molecule has 148 valence electrons. The molecule has 2 saturated carbocycles. The Kier molecular flexibility index (Phi) is 7.74. The summed E-state index contributed by atoms with van der Waals surface area (Å²) in [6.07, 6.45) is 10.9. The number of ether oxygens (including phenoxy) is 2. The summed E-state index contributed by atoms with van der Waals surface area (Å²) in [5.41, 5.74) is 0. The Bertz CT molecular complexity index is 453. The maximum absolute atomic E-state index is 12.8. The van der Waals surface area contributed by atoms with Crippen LogP contribution in [-0.2, 0) is 19.1 Å². The van der Waals surface area contributed by atoms with Crippen LogP contribution in [-0.4, -0.2) is 61.3 Å². The van der Waals surface area contributed by atoms with E-state index >= 15 is 0 Å². The molecule has 1 N–H and O–H groups in total. The normalized spacial score (nSPS) is 24.8. The van der Waals surface area contributed by atoms with Crippen molar-refractivity contribution in [2.75, 3.05) is 26.2 Å². The predicted octanol–water partition coefficient (Wildman–Crippen LogP) is 2.40. The highest BCUT2D eigenvalue weighted by Gasteiger charge is 2.33. The Morgan fingerprint density at radius 3 is 1.96 bits per heavy atom. The molecule has 3 fully saturated rings.